The van der Waals surface area contributed by atoms with Gasteiger partial charge in [0.25, 0.3) is 0 Å². The SMILES string of the molecule is CC(=O)NC(Cc1csc([N+](=O)[O-])c1)C(=O)O. The number of hydrogen-bond donors (Lipinski definition) is 2. The molecule has 1 aromatic heterocycles. The lowest BCUT2D eigenvalue weighted by atomic mass is 10.1. The summed E-state index contributed by atoms with van der Waals surface area (Å²) in [5.41, 5.74) is 0.517. The number of nitro groups is 1. The van der Waals surface area contributed by atoms with E-state index in [4.69, 9.17) is 5.11 Å². The second-order valence-corrected chi connectivity index (χ2v) is 4.24. The zero-order chi connectivity index (χ0) is 13.0. The number of rotatable bonds is 5. The fourth-order valence-corrected chi connectivity index (χ4v) is 1.99. The number of nitrogens with one attached hydrogen (secondary N) is 1. The molecule has 1 amide bonds. The minimum absolute atomic E-state index is 0.0270. The highest BCUT2D eigenvalue weighted by atomic mass is 32.1. The van der Waals surface area contributed by atoms with Gasteiger partial charge in [-0.25, -0.2) is 4.79 Å². The van der Waals surface area contributed by atoms with Gasteiger partial charge in [-0.15, -0.1) is 0 Å². The molecule has 17 heavy (non-hydrogen) atoms. The van der Waals surface area contributed by atoms with Crippen molar-refractivity contribution in [2.45, 2.75) is 19.4 Å². The van der Waals surface area contributed by atoms with Crippen LogP contribution in [0.5, 0.6) is 0 Å². The van der Waals surface area contributed by atoms with E-state index >= 15 is 0 Å². The Labute approximate surface area is 100 Å². The molecule has 0 spiro atoms. The highest BCUT2D eigenvalue weighted by Crippen LogP contribution is 2.23. The van der Waals surface area contributed by atoms with Crippen LogP contribution in [0.15, 0.2) is 11.4 Å². The van der Waals surface area contributed by atoms with Crippen LogP contribution < -0.4 is 5.32 Å². The van der Waals surface area contributed by atoms with Gasteiger partial charge < -0.3 is 10.4 Å². The van der Waals surface area contributed by atoms with Crippen molar-refractivity contribution in [1.29, 1.82) is 0 Å². The Kier molecular flexibility index (Phi) is 4.16. The minimum Gasteiger partial charge on any atom is -0.480 e. The summed E-state index contributed by atoms with van der Waals surface area (Å²) in [4.78, 5) is 31.5. The smallest absolute Gasteiger partial charge is 0.326 e. The molecule has 0 fully saturated rings. The molecule has 1 unspecified atom stereocenters. The third-order valence-electron chi connectivity index (χ3n) is 1.94. The maximum Gasteiger partial charge on any atom is 0.326 e. The van der Waals surface area contributed by atoms with Gasteiger partial charge in [0.05, 0.1) is 4.92 Å². The molecule has 1 aromatic rings. The van der Waals surface area contributed by atoms with Crippen molar-refractivity contribution in [2.24, 2.45) is 0 Å². The molecule has 7 nitrogen and oxygen atoms in total. The Bertz CT molecular complexity index is 456. The molecule has 1 rings (SSSR count). The maximum atomic E-state index is 10.8. The number of thiophene rings is 1. The molecule has 1 atom stereocenters. The average molecular weight is 258 g/mol. The predicted octanol–water partition coefficient (Wildman–Crippen LogP) is 0.788. The molecule has 1 heterocycles. The molecule has 0 saturated carbocycles. The van der Waals surface area contributed by atoms with Crippen LogP contribution in [0, 0.1) is 10.1 Å². The van der Waals surface area contributed by atoms with Gasteiger partial charge in [-0.05, 0) is 5.56 Å². The van der Waals surface area contributed by atoms with Crippen LogP contribution in [0.1, 0.15) is 12.5 Å². The van der Waals surface area contributed by atoms with Crippen molar-refractivity contribution >= 4 is 28.2 Å². The van der Waals surface area contributed by atoms with Crippen LogP contribution in [0.3, 0.4) is 0 Å². The fourth-order valence-electron chi connectivity index (χ4n) is 1.25. The van der Waals surface area contributed by atoms with Crippen molar-refractivity contribution in [3.8, 4) is 0 Å². The first-order valence-corrected chi connectivity index (χ1v) is 5.50. The van der Waals surface area contributed by atoms with Crippen LogP contribution in [-0.4, -0.2) is 27.9 Å². The number of aliphatic carboxylic acids is 1. The van der Waals surface area contributed by atoms with Crippen LogP contribution in [0.25, 0.3) is 0 Å². The molecular formula is C9H10N2O5S. The Morgan fingerprint density at radius 1 is 1.65 bits per heavy atom. The first kappa shape index (κ1) is 13.1. The summed E-state index contributed by atoms with van der Waals surface area (Å²) >= 11 is 0.926. The van der Waals surface area contributed by atoms with E-state index in [0.29, 0.717) is 5.56 Å². The van der Waals surface area contributed by atoms with Gasteiger partial charge >= 0.3 is 11.0 Å². The van der Waals surface area contributed by atoms with Crippen molar-refractivity contribution < 1.29 is 19.6 Å². The fraction of sp³-hybridized carbons (Fsp3) is 0.333. The Morgan fingerprint density at radius 2 is 2.29 bits per heavy atom. The largest absolute Gasteiger partial charge is 0.480 e. The van der Waals surface area contributed by atoms with E-state index in [2.05, 4.69) is 5.32 Å². The number of carboxylic acid groups (broad SMARTS) is 1. The van der Waals surface area contributed by atoms with Crippen molar-refractivity contribution in [1.82, 2.24) is 5.32 Å². The predicted molar refractivity (Wildman–Crippen MR) is 59.9 cm³/mol. The molecule has 0 aliphatic rings. The molecule has 0 bridgehead atoms. The number of carbonyl (C=O) groups is 2. The lowest BCUT2D eigenvalue weighted by molar-refractivity contribution is -0.380. The van der Waals surface area contributed by atoms with E-state index < -0.39 is 22.8 Å². The van der Waals surface area contributed by atoms with Crippen molar-refractivity contribution in [3.05, 3.63) is 27.1 Å². The second-order valence-electron chi connectivity index (χ2n) is 3.35. The first-order valence-electron chi connectivity index (χ1n) is 4.62. The summed E-state index contributed by atoms with van der Waals surface area (Å²) in [5, 5.41) is 23.0. The summed E-state index contributed by atoms with van der Waals surface area (Å²) in [5.74, 6) is -1.63. The number of nitrogens with zero attached hydrogens (tertiary/aromatic N) is 1. The van der Waals surface area contributed by atoms with E-state index in [-0.39, 0.29) is 11.4 Å². The van der Waals surface area contributed by atoms with Crippen molar-refractivity contribution in [2.75, 3.05) is 0 Å². The molecule has 92 valence electrons. The van der Waals surface area contributed by atoms with Crippen LogP contribution in [0.4, 0.5) is 5.00 Å². The monoisotopic (exact) mass is 258 g/mol. The zero-order valence-electron chi connectivity index (χ0n) is 8.87. The molecular weight excluding hydrogens is 248 g/mol. The standard InChI is InChI=1S/C9H10N2O5S/c1-5(12)10-7(9(13)14)2-6-3-8(11(15)16)17-4-6/h3-4,7H,2H2,1H3,(H,10,12)(H,13,14). The van der Waals surface area contributed by atoms with Gasteiger partial charge in [0, 0.05) is 24.8 Å². The lowest BCUT2D eigenvalue weighted by Gasteiger charge is -2.11. The minimum atomic E-state index is -1.17. The molecule has 0 aliphatic heterocycles. The summed E-state index contributed by atoms with van der Waals surface area (Å²) < 4.78 is 0. The number of hydrogen-bond acceptors (Lipinski definition) is 5. The third-order valence-corrected chi connectivity index (χ3v) is 2.86. The maximum absolute atomic E-state index is 10.8. The third kappa shape index (κ3) is 3.83. The Hall–Kier alpha value is -1.96. The lowest BCUT2D eigenvalue weighted by Crippen LogP contribution is -2.41. The molecule has 2 N–H and O–H groups in total. The average Bonchev–Trinajstić information content (AvgIpc) is 2.64. The number of carboxylic acids is 1. The molecule has 8 heteroatoms. The van der Waals surface area contributed by atoms with E-state index in [9.17, 15) is 19.7 Å². The topological polar surface area (TPSA) is 110 Å². The summed E-state index contributed by atoms with van der Waals surface area (Å²) in [6.45, 7) is 1.21. The van der Waals surface area contributed by atoms with E-state index in [1.807, 2.05) is 0 Å². The first-order chi connectivity index (χ1) is 7.90. The number of carbonyl (C=O) groups excluding carboxylic acids is 1. The van der Waals surface area contributed by atoms with E-state index in [0.717, 1.165) is 11.3 Å². The molecule has 0 aliphatic carbocycles. The van der Waals surface area contributed by atoms with Crippen LogP contribution in [0.2, 0.25) is 0 Å². The van der Waals surface area contributed by atoms with Gasteiger partial charge in [0.1, 0.15) is 6.04 Å². The molecule has 0 aromatic carbocycles. The van der Waals surface area contributed by atoms with Crippen LogP contribution >= 0.6 is 11.3 Å². The Balaban J connectivity index is 2.75. The van der Waals surface area contributed by atoms with Gasteiger partial charge in [-0.3, -0.25) is 14.9 Å². The Morgan fingerprint density at radius 3 is 2.71 bits per heavy atom. The van der Waals surface area contributed by atoms with Gasteiger partial charge in [-0.2, -0.15) is 0 Å². The normalized spacial score (nSPS) is 11.8. The van der Waals surface area contributed by atoms with Gasteiger partial charge in [0.2, 0.25) is 5.91 Å². The summed E-state index contributed by atoms with van der Waals surface area (Å²) in [6, 6.07) is 0.240. The van der Waals surface area contributed by atoms with E-state index in [1.165, 1.54) is 18.4 Å². The quantitative estimate of drug-likeness (QED) is 0.599. The second kappa shape index (κ2) is 5.39. The zero-order valence-corrected chi connectivity index (χ0v) is 9.69. The highest BCUT2D eigenvalue weighted by molar-refractivity contribution is 7.13. The van der Waals surface area contributed by atoms with E-state index in [1.54, 1.807) is 0 Å². The summed E-state index contributed by atoms with van der Waals surface area (Å²) in [6.07, 6.45) is 0.0270. The van der Waals surface area contributed by atoms with Gasteiger partial charge in [0.15, 0.2) is 0 Å². The molecule has 0 radical (unpaired) electrons. The summed E-state index contributed by atoms with van der Waals surface area (Å²) in [7, 11) is 0. The van der Waals surface area contributed by atoms with Gasteiger partial charge in [-0.1, -0.05) is 11.3 Å². The number of amides is 1. The molecule has 0 saturated heterocycles. The van der Waals surface area contributed by atoms with Crippen LogP contribution in [-0.2, 0) is 16.0 Å². The highest BCUT2D eigenvalue weighted by Gasteiger charge is 2.20. The van der Waals surface area contributed by atoms with Crippen molar-refractivity contribution in [3.63, 3.8) is 0 Å².